The molecule has 1 aromatic heterocycles. The van der Waals surface area contributed by atoms with E-state index in [1.165, 1.54) is 0 Å². The average Bonchev–Trinajstić information content (AvgIpc) is 3.05. The lowest BCUT2D eigenvalue weighted by molar-refractivity contribution is -0.145. The summed E-state index contributed by atoms with van der Waals surface area (Å²) in [5, 5.41) is 13.4. The summed E-state index contributed by atoms with van der Waals surface area (Å²) in [5.74, 6) is 0.940. The standard InChI is InChI=1S/C22H30N2O5/c1-7-17(15-9-11-16(12-10-15)29-19(8-2)20(25)26)24-27-13-18-14(3)28-21(23-18)22(4,5)6/h9-12,19H,7-8,13H2,1-6H3,(H,25,26)/b24-17-. The number of nitrogens with zero attached hydrogens (tertiary/aromatic N) is 2. The number of oxime groups is 1. The number of carboxylic acid groups (broad SMARTS) is 1. The number of aromatic nitrogens is 1. The first-order valence-corrected chi connectivity index (χ1v) is 9.81. The molecule has 0 fully saturated rings. The van der Waals surface area contributed by atoms with Gasteiger partial charge in [-0.1, -0.05) is 39.8 Å². The van der Waals surface area contributed by atoms with Crippen molar-refractivity contribution in [3.8, 4) is 5.75 Å². The van der Waals surface area contributed by atoms with Crippen LogP contribution in [0.2, 0.25) is 0 Å². The molecule has 0 aliphatic carbocycles. The van der Waals surface area contributed by atoms with Crippen LogP contribution in [0.3, 0.4) is 0 Å². The summed E-state index contributed by atoms with van der Waals surface area (Å²) in [7, 11) is 0. The number of carboxylic acids is 1. The van der Waals surface area contributed by atoms with Gasteiger partial charge in [0, 0.05) is 5.41 Å². The molecule has 2 aromatic rings. The summed E-state index contributed by atoms with van der Waals surface area (Å²) in [5.41, 5.74) is 2.23. The minimum Gasteiger partial charge on any atom is -0.479 e. The van der Waals surface area contributed by atoms with Crippen LogP contribution in [-0.4, -0.2) is 27.9 Å². The number of hydrogen-bond donors (Lipinski definition) is 1. The second-order valence-electron chi connectivity index (χ2n) is 7.81. The quantitative estimate of drug-likeness (QED) is 0.476. The number of benzene rings is 1. The monoisotopic (exact) mass is 402 g/mol. The molecule has 158 valence electrons. The molecule has 0 radical (unpaired) electrons. The first-order chi connectivity index (χ1) is 13.7. The number of rotatable bonds is 9. The fourth-order valence-electron chi connectivity index (χ4n) is 2.57. The van der Waals surface area contributed by atoms with Crippen LogP contribution in [0.1, 0.15) is 70.4 Å². The van der Waals surface area contributed by atoms with Crippen LogP contribution in [0.25, 0.3) is 0 Å². The molecule has 1 aromatic carbocycles. The van der Waals surface area contributed by atoms with E-state index in [4.69, 9.17) is 19.1 Å². The minimum absolute atomic E-state index is 0.165. The Labute approximate surface area is 171 Å². The molecule has 0 aliphatic rings. The lowest BCUT2D eigenvalue weighted by atomic mass is 9.97. The predicted molar refractivity (Wildman–Crippen MR) is 110 cm³/mol. The van der Waals surface area contributed by atoms with Gasteiger partial charge in [-0.2, -0.15) is 0 Å². The van der Waals surface area contributed by atoms with Gasteiger partial charge in [0.25, 0.3) is 0 Å². The van der Waals surface area contributed by atoms with Crippen molar-refractivity contribution in [3.05, 3.63) is 47.2 Å². The number of oxazole rings is 1. The van der Waals surface area contributed by atoms with Crippen molar-refractivity contribution in [2.24, 2.45) is 5.16 Å². The molecule has 1 unspecified atom stereocenters. The van der Waals surface area contributed by atoms with Gasteiger partial charge in [0.1, 0.15) is 17.2 Å². The third-order valence-electron chi connectivity index (χ3n) is 4.36. The lowest BCUT2D eigenvalue weighted by Crippen LogP contribution is -2.25. The Morgan fingerprint density at radius 2 is 1.90 bits per heavy atom. The van der Waals surface area contributed by atoms with E-state index in [1.54, 1.807) is 19.1 Å². The van der Waals surface area contributed by atoms with Gasteiger partial charge in [0.2, 0.25) is 0 Å². The van der Waals surface area contributed by atoms with Crippen molar-refractivity contribution in [2.45, 2.75) is 72.5 Å². The molecule has 0 bridgehead atoms. The summed E-state index contributed by atoms with van der Waals surface area (Å²) in [6, 6.07) is 7.16. The Morgan fingerprint density at radius 1 is 1.24 bits per heavy atom. The predicted octanol–water partition coefficient (Wildman–Crippen LogP) is 4.85. The normalized spacial score (nSPS) is 13.2. The van der Waals surface area contributed by atoms with E-state index in [9.17, 15) is 4.79 Å². The Morgan fingerprint density at radius 3 is 2.38 bits per heavy atom. The zero-order valence-corrected chi connectivity index (χ0v) is 18.0. The van der Waals surface area contributed by atoms with Crippen molar-refractivity contribution in [2.75, 3.05) is 0 Å². The first kappa shape index (κ1) is 22.5. The molecule has 0 saturated carbocycles. The minimum atomic E-state index is -0.974. The van der Waals surface area contributed by atoms with Crippen molar-refractivity contribution < 1.29 is 23.9 Å². The SMILES string of the molecule is CC/C(=N/OCc1nc(C(C)(C)C)oc1C)c1ccc(OC(CC)C(=O)O)cc1. The van der Waals surface area contributed by atoms with E-state index in [1.807, 2.05) is 46.8 Å². The van der Waals surface area contributed by atoms with Crippen LogP contribution in [0.15, 0.2) is 33.8 Å². The summed E-state index contributed by atoms with van der Waals surface area (Å²) >= 11 is 0. The Balaban J connectivity index is 2.05. The number of carbonyl (C=O) groups is 1. The van der Waals surface area contributed by atoms with Crippen LogP contribution in [-0.2, 0) is 21.7 Å². The average molecular weight is 402 g/mol. The van der Waals surface area contributed by atoms with Gasteiger partial charge in [-0.25, -0.2) is 9.78 Å². The molecule has 0 aliphatic heterocycles. The van der Waals surface area contributed by atoms with Crippen LogP contribution in [0.4, 0.5) is 0 Å². The third-order valence-corrected chi connectivity index (χ3v) is 4.36. The van der Waals surface area contributed by atoms with Gasteiger partial charge in [-0.3, -0.25) is 0 Å². The highest BCUT2D eigenvalue weighted by atomic mass is 16.6. The van der Waals surface area contributed by atoms with Gasteiger partial charge in [-0.15, -0.1) is 0 Å². The summed E-state index contributed by atoms with van der Waals surface area (Å²) in [4.78, 5) is 21.1. The zero-order valence-electron chi connectivity index (χ0n) is 18.0. The van der Waals surface area contributed by atoms with Gasteiger partial charge in [-0.05, 0) is 49.6 Å². The fraction of sp³-hybridized carbons (Fsp3) is 0.500. The second-order valence-corrected chi connectivity index (χ2v) is 7.81. The van der Waals surface area contributed by atoms with E-state index < -0.39 is 12.1 Å². The lowest BCUT2D eigenvalue weighted by Gasteiger charge is -2.13. The number of hydrogen-bond acceptors (Lipinski definition) is 6. The van der Waals surface area contributed by atoms with Crippen LogP contribution in [0.5, 0.6) is 5.75 Å². The number of ether oxygens (including phenoxy) is 1. The van der Waals surface area contributed by atoms with Gasteiger partial charge >= 0.3 is 5.97 Å². The second kappa shape index (κ2) is 9.58. The maximum Gasteiger partial charge on any atom is 0.344 e. The van der Waals surface area contributed by atoms with E-state index in [-0.39, 0.29) is 12.0 Å². The molecule has 7 heteroatoms. The molecule has 1 heterocycles. The zero-order chi connectivity index (χ0) is 21.6. The van der Waals surface area contributed by atoms with Crippen molar-refractivity contribution in [3.63, 3.8) is 0 Å². The van der Waals surface area contributed by atoms with E-state index >= 15 is 0 Å². The van der Waals surface area contributed by atoms with Crippen molar-refractivity contribution >= 4 is 11.7 Å². The summed E-state index contributed by atoms with van der Waals surface area (Å²) in [6.07, 6.45) is 0.218. The number of aryl methyl sites for hydroxylation is 1. The van der Waals surface area contributed by atoms with E-state index in [0.29, 0.717) is 24.5 Å². The Hall–Kier alpha value is -2.83. The summed E-state index contributed by atoms with van der Waals surface area (Å²) < 4.78 is 11.2. The first-order valence-electron chi connectivity index (χ1n) is 9.81. The van der Waals surface area contributed by atoms with Gasteiger partial charge in [0.05, 0.1) is 5.71 Å². The van der Waals surface area contributed by atoms with Gasteiger partial charge < -0.3 is 19.1 Å². The van der Waals surface area contributed by atoms with Crippen molar-refractivity contribution in [1.29, 1.82) is 0 Å². The maximum atomic E-state index is 11.1. The molecule has 2 rings (SSSR count). The number of aliphatic carboxylic acids is 1. The molecule has 0 amide bonds. The fourth-order valence-corrected chi connectivity index (χ4v) is 2.57. The highest BCUT2D eigenvalue weighted by Crippen LogP contribution is 2.24. The Bertz CT molecular complexity index is 847. The van der Waals surface area contributed by atoms with E-state index in [0.717, 1.165) is 22.7 Å². The van der Waals surface area contributed by atoms with Crippen LogP contribution >= 0.6 is 0 Å². The van der Waals surface area contributed by atoms with E-state index in [2.05, 4.69) is 10.1 Å². The molecular formula is C22H30N2O5. The largest absolute Gasteiger partial charge is 0.479 e. The third kappa shape index (κ3) is 6.07. The molecule has 1 atom stereocenters. The smallest absolute Gasteiger partial charge is 0.344 e. The van der Waals surface area contributed by atoms with Crippen LogP contribution in [0, 0.1) is 6.92 Å². The highest BCUT2D eigenvalue weighted by Gasteiger charge is 2.22. The molecule has 7 nitrogen and oxygen atoms in total. The molecule has 1 N–H and O–H groups in total. The topological polar surface area (TPSA) is 94.2 Å². The maximum absolute atomic E-state index is 11.1. The molecule has 0 saturated heterocycles. The molecule has 0 spiro atoms. The van der Waals surface area contributed by atoms with Crippen LogP contribution < -0.4 is 4.74 Å². The van der Waals surface area contributed by atoms with Crippen molar-refractivity contribution in [1.82, 2.24) is 4.98 Å². The van der Waals surface area contributed by atoms with Gasteiger partial charge in [0.15, 0.2) is 18.6 Å². The highest BCUT2D eigenvalue weighted by molar-refractivity contribution is 6.00. The Kier molecular flexibility index (Phi) is 7.42. The molecule has 29 heavy (non-hydrogen) atoms. The molecular weight excluding hydrogens is 372 g/mol. The summed E-state index contributed by atoms with van der Waals surface area (Å²) in [6.45, 7) is 12.0.